The summed E-state index contributed by atoms with van der Waals surface area (Å²) >= 11 is 0. The van der Waals surface area contributed by atoms with Gasteiger partial charge in [0.25, 0.3) is 5.91 Å². The van der Waals surface area contributed by atoms with E-state index < -0.39 is 0 Å². The lowest BCUT2D eigenvalue weighted by atomic mass is 10.0. The first-order valence-electron chi connectivity index (χ1n) is 7.75. The van der Waals surface area contributed by atoms with Crippen LogP contribution in [0, 0.1) is 6.92 Å². The molecule has 0 radical (unpaired) electrons. The minimum absolute atomic E-state index is 0.0845. The van der Waals surface area contributed by atoms with Gasteiger partial charge in [-0.2, -0.15) is 0 Å². The van der Waals surface area contributed by atoms with Crippen molar-refractivity contribution in [1.82, 2.24) is 5.32 Å². The second-order valence-electron chi connectivity index (χ2n) is 5.47. The van der Waals surface area contributed by atoms with Crippen LogP contribution in [0.1, 0.15) is 24.1 Å². The second-order valence-corrected chi connectivity index (χ2v) is 5.47. The van der Waals surface area contributed by atoms with E-state index in [-0.39, 0.29) is 18.6 Å². The van der Waals surface area contributed by atoms with Crippen molar-refractivity contribution in [2.75, 3.05) is 20.8 Å². The van der Waals surface area contributed by atoms with Crippen LogP contribution in [-0.2, 0) is 4.79 Å². The SMILES string of the molecule is COc1ccccc1OCC(=O)N[C@@H](C)c1cc(C)ccc1OC. The molecular formula is C19H23NO4. The summed E-state index contributed by atoms with van der Waals surface area (Å²) in [5.41, 5.74) is 2.04. The third-order valence-electron chi connectivity index (χ3n) is 3.66. The van der Waals surface area contributed by atoms with Gasteiger partial charge < -0.3 is 19.5 Å². The lowest BCUT2D eigenvalue weighted by Crippen LogP contribution is -2.31. The number of hydrogen-bond donors (Lipinski definition) is 1. The van der Waals surface area contributed by atoms with E-state index in [9.17, 15) is 4.79 Å². The van der Waals surface area contributed by atoms with Crippen LogP contribution in [0.5, 0.6) is 17.2 Å². The number of methoxy groups -OCH3 is 2. The number of amides is 1. The highest BCUT2D eigenvalue weighted by Crippen LogP contribution is 2.27. The summed E-state index contributed by atoms with van der Waals surface area (Å²) in [5, 5.41) is 2.92. The predicted octanol–water partition coefficient (Wildman–Crippen LogP) is 3.27. The van der Waals surface area contributed by atoms with Crippen molar-refractivity contribution in [3.63, 3.8) is 0 Å². The number of aryl methyl sites for hydroxylation is 1. The fourth-order valence-corrected chi connectivity index (χ4v) is 2.43. The van der Waals surface area contributed by atoms with Gasteiger partial charge in [0, 0.05) is 5.56 Å². The van der Waals surface area contributed by atoms with E-state index in [2.05, 4.69) is 5.32 Å². The van der Waals surface area contributed by atoms with E-state index in [0.29, 0.717) is 11.5 Å². The Bertz CT molecular complexity index is 700. The van der Waals surface area contributed by atoms with Crippen molar-refractivity contribution in [3.8, 4) is 17.2 Å². The Labute approximate surface area is 142 Å². The van der Waals surface area contributed by atoms with Gasteiger partial charge in [0.1, 0.15) is 5.75 Å². The summed E-state index contributed by atoms with van der Waals surface area (Å²) in [4.78, 5) is 12.2. The maximum absolute atomic E-state index is 12.2. The summed E-state index contributed by atoms with van der Waals surface area (Å²) in [6.07, 6.45) is 0. The molecule has 0 heterocycles. The molecular weight excluding hydrogens is 306 g/mol. The van der Waals surface area contributed by atoms with Gasteiger partial charge in [-0.1, -0.05) is 29.8 Å². The van der Waals surface area contributed by atoms with E-state index in [1.165, 1.54) is 0 Å². The molecule has 0 fully saturated rings. The monoisotopic (exact) mass is 329 g/mol. The Morgan fingerprint density at radius 3 is 2.38 bits per heavy atom. The van der Waals surface area contributed by atoms with Gasteiger partial charge in [-0.05, 0) is 32.0 Å². The molecule has 0 aliphatic carbocycles. The highest BCUT2D eigenvalue weighted by Gasteiger charge is 2.15. The van der Waals surface area contributed by atoms with E-state index >= 15 is 0 Å². The van der Waals surface area contributed by atoms with Crippen LogP contribution in [0.25, 0.3) is 0 Å². The van der Waals surface area contributed by atoms with Gasteiger partial charge >= 0.3 is 0 Å². The zero-order chi connectivity index (χ0) is 17.5. The van der Waals surface area contributed by atoms with Crippen molar-refractivity contribution < 1.29 is 19.0 Å². The zero-order valence-corrected chi connectivity index (χ0v) is 14.5. The second kappa shape index (κ2) is 8.24. The number of carbonyl (C=O) groups excluding carboxylic acids is 1. The number of ether oxygens (including phenoxy) is 3. The Hall–Kier alpha value is -2.69. The van der Waals surface area contributed by atoms with Gasteiger partial charge in [-0.3, -0.25) is 4.79 Å². The lowest BCUT2D eigenvalue weighted by Gasteiger charge is -2.18. The number of para-hydroxylation sites is 2. The Kier molecular flexibility index (Phi) is 6.07. The molecule has 1 atom stereocenters. The van der Waals surface area contributed by atoms with E-state index in [0.717, 1.165) is 16.9 Å². The first kappa shape index (κ1) is 17.7. The van der Waals surface area contributed by atoms with Crippen LogP contribution in [0.4, 0.5) is 0 Å². The van der Waals surface area contributed by atoms with Gasteiger partial charge in [0.05, 0.1) is 20.3 Å². The van der Waals surface area contributed by atoms with E-state index in [1.54, 1.807) is 26.4 Å². The predicted molar refractivity (Wildman–Crippen MR) is 92.8 cm³/mol. The summed E-state index contributed by atoms with van der Waals surface area (Å²) in [6, 6.07) is 12.9. The third kappa shape index (κ3) is 4.41. The van der Waals surface area contributed by atoms with Crippen LogP contribution in [0.2, 0.25) is 0 Å². The van der Waals surface area contributed by atoms with E-state index in [4.69, 9.17) is 14.2 Å². The highest BCUT2D eigenvalue weighted by atomic mass is 16.5. The van der Waals surface area contributed by atoms with Crippen molar-refractivity contribution >= 4 is 5.91 Å². The first-order valence-corrected chi connectivity index (χ1v) is 7.75. The molecule has 0 spiro atoms. The largest absolute Gasteiger partial charge is 0.496 e. The quantitative estimate of drug-likeness (QED) is 0.847. The smallest absolute Gasteiger partial charge is 0.258 e. The van der Waals surface area contributed by atoms with Gasteiger partial charge in [-0.15, -0.1) is 0 Å². The van der Waals surface area contributed by atoms with Crippen LogP contribution in [0.3, 0.4) is 0 Å². The lowest BCUT2D eigenvalue weighted by molar-refractivity contribution is -0.123. The molecule has 0 aliphatic heterocycles. The zero-order valence-electron chi connectivity index (χ0n) is 14.5. The van der Waals surface area contributed by atoms with Crippen LogP contribution in [0.15, 0.2) is 42.5 Å². The molecule has 5 nitrogen and oxygen atoms in total. The molecule has 24 heavy (non-hydrogen) atoms. The van der Waals surface area contributed by atoms with Gasteiger partial charge in [0.15, 0.2) is 18.1 Å². The molecule has 0 saturated heterocycles. The third-order valence-corrected chi connectivity index (χ3v) is 3.66. The Morgan fingerprint density at radius 1 is 1.04 bits per heavy atom. The average molecular weight is 329 g/mol. The van der Waals surface area contributed by atoms with Crippen molar-refractivity contribution in [2.45, 2.75) is 19.9 Å². The molecule has 1 amide bonds. The molecule has 128 valence electrons. The van der Waals surface area contributed by atoms with Crippen molar-refractivity contribution in [2.24, 2.45) is 0 Å². The van der Waals surface area contributed by atoms with E-state index in [1.807, 2.05) is 44.2 Å². The molecule has 0 aliphatic rings. The summed E-state index contributed by atoms with van der Waals surface area (Å²) in [5.74, 6) is 1.67. The fourth-order valence-electron chi connectivity index (χ4n) is 2.43. The molecule has 0 saturated carbocycles. The number of carbonyl (C=O) groups is 1. The molecule has 0 unspecified atom stereocenters. The summed E-state index contributed by atoms with van der Waals surface area (Å²) in [7, 11) is 3.18. The normalized spacial score (nSPS) is 11.5. The molecule has 0 aromatic heterocycles. The maximum Gasteiger partial charge on any atom is 0.258 e. The van der Waals surface area contributed by atoms with Crippen LogP contribution in [-0.4, -0.2) is 26.7 Å². The topological polar surface area (TPSA) is 56.8 Å². The van der Waals surface area contributed by atoms with Crippen LogP contribution >= 0.6 is 0 Å². The highest BCUT2D eigenvalue weighted by molar-refractivity contribution is 5.78. The number of hydrogen-bond acceptors (Lipinski definition) is 4. The molecule has 2 rings (SSSR count). The standard InChI is InChI=1S/C19H23NO4/c1-13-9-10-16(22-3)15(11-13)14(2)20-19(21)12-24-18-8-6-5-7-17(18)23-4/h5-11,14H,12H2,1-4H3,(H,20,21)/t14-/m0/s1. The average Bonchev–Trinajstić information content (AvgIpc) is 2.60. The molecule has 1 N–H and O–H groups in total. The number of nitrogens with one attached hydrogen (secondary N) is 1. The minimum Gasteiger partial charge on any atom is -0.496 e. The Morgan fingerprint density at radius 2 is 1.71 bits per heavy atom. The van der Waals surface area contributed by atoms with Gasteiger partial charge in [-0.25, -0.2) is 0 Å². The molecule has 2 aromatic rings. The number of benzene rings is 2. The van der Waals surface area contributed by atoms with Crippen LogP contribution < -0.4 is 19.5 Å². The Balaban J connectivity index is 1.98. The van der Waals surface area contributed by atoms with Crippen molar-refractivity contribution in [1.29, 1.82) is 0 Å². The summed E-state index contributed by atoms with van der Waals surface area (Å²) < 4.78 is 16.1. The van der Waals surface area contributed by atoms with Crippen molar-refractivity contribution in [3.05, 3.63) is 53.6 Å². The summed E-state index contributed by atoms with van der Waals surface area (Å²) in [6.45, 7) is 3.83. The molecule has 5 heteroatoms. The molecule has 0 bridgehead atoms. The van der Waals surface area contributed by atoms with Gasteiger partial charge in [0.2, 0.25) is 0 Å². The minimum atomic E-state index is -0.211. The molecule has 2 aromatic carbocycles. The fraction of sp³-hybridized carbons (Fsp3) is 0.316. The first-order chi connectivity index (χ1) is 11.5. The maximum atomic E-state index is 12.2. The number of rotatable bonds is 7.